The molecule has 0 aromatic heterocycles. The molecule has 3 heteroatoms. The zero-order chi connectivity index (χ0) is 10.6. The molecule has 1 N–H and O–H groups in total. The van der Waals surface area contributed by atoms with E-state index in [-0.39, 0.29) is 6.29 Å². The number of hydrogen-bond acceptors (Lipinski definition) is 3. The first-order valence-corrected chi connectivity index (χ1v) is 4.75. The van der Waals surface area contributed by atoms with Gasteiger partial charge in [-0.25, -0.2) is 0 Å². The molecule has 0 atom stereocenters. The average molecular weight is 193 g/mol. The van der Waals surface area contributed by atoms with Crippen LogP contribution in [-0.4, -0.2) is 44.3 Å². The van der Waals surface area contributed by atoms with Gasteiger partial charge in [0.15, 0.2) is 0 Å². The van der Waals surface area contributed by atoms with Gasteiger partial charge in [-0.15, -0.1) is 0 Å². The molecule has 14 heavy (non-hydrogen) atoms. The van der Waals surface area contributed by atoms with Crippen LogP contribution in [0.3, 0.4) is 0 Å². The van der Waals surface area contributed by atoms with Crippen LogP contribution in [0.25, 0.3) is 0 Å². The Kier molecular flexibility index (Phi) is 3.92. The number of nitrogens with zero attached hydrogens (tertiary/aromatic N) is 2. The van der Waals surface area contributed by atoms with Gasteiger partial charge in [0.2, 0.25) is 0 Å². The van der Waals surface area contributed by atoms with Gasteiger partial charge < -0.3 is 5.32 Å². The second kappa shape index (κ2) is 4.98. The molecule has 3 nitrogen and oxygen atoms in total. The van der Waals surface area contributed by atoms with Gasteiger partial charge in [-0.3, -0.25) is 9.80 Å². The number of hydrogen-bond donors (Lipinski definition) is 1. The zero-order valence-corrected chi connectivity index (χ0v) is 9.36. The minimum atomic E-state index is 0.220. The van der Waals surface area contributed by atoms with E-state index in [0.717, 1.165) is 5.69 Å². The van der Waals surface area contributed by atoms with Gasteiger partial charge in [0, 0.05) is 5.69 Å². The Bertz CT molecular complexity index is 248. The molecular weight excluding hydrogens is 174 g/mol. The molecule has 0 aliphatic carbocycles. The van der Waals surface area contributed by atoms with E-state index >= 15 is 0 Å². The fourth-order valence-electron chi connectivity index (χ4n) is 1.40. The van der Waals surface area contributed by atoms with Gasteiger partial charge in [-0.2, -0.15) is 0 Å². The normalized spacial score (nSPS) is 11.4. The molecule has 0 heterocycles. The van der Waals surface area contributed by atoms with Crippen LogP contribution in [0.5, 0.6) is 0 Å². The second-order valence-electron chi connectivity index (χ2n) is 3.81. The third-order valence-corrected chi connectivity index (χ3v) is 2.05. The van der Waals surface area contributed by atoms with Crippen molar-refractivity contribution in [2.24, 2.45) is 0 Å². The minimum Gasteiger partial charge on any atom is -0.357 e. The molecule has 78 valence electrons. The van der Waals surface area contributed by atoms with Crippen molar-refractivity contribution in [1.29, 1.82) is 0 Å². The van der Waals surface area contributed by atoms with Crippen molar-refractivity contribution in [2.45, 2.75) is 6.29 Å². The number of benzene rings is 1. The van der Waals surface area contributed by atoms with E-state index in [1.54, 1.807) is 0 Å². The van der Waals surface area contributed by atoms with E-state index in [2.05, 4.69) is 55.4 Å². The summed E-state index contributed by atoms with van der Waals surface area (Å²) in [7, 11) is 8.22. The van der Waals surface area contributed by atoms with Crippen molar-refractivity contribution >= 4 is 5.69 Å². The second-order valence-corrected chi connectivity index (χ2v) is 3.81. The molecule has 0 saturated heterocycles. The summed E-state index contributed by atoms with van der Waals surface area (Å²) in [6.07, 6.45) is 0.220. The lowest BCUT2D eigenvalue weighted by Gasteiger charge is -2.31. The summed E-state index contributed by atoms with van der Waals surface area (Å²) in [4.78, 5) is 4.26. The third kappa shape index (κ3) is 3.01. The summed E-state index contributed by atoms with van der Waals surface area (Å²) >= 11 is 0. The molecule has 0 aliphatic heterocycles. The summed E-state index contributed by atoms with van der Waals surface area (Å²) in [5.74, 6) is 0. The predicted molar refractivity (Wildman–Crippen MR) is 61.2 cm³/mol. The maximum Gasteiger partial charge on any atom is 0.136 e. The van der Waals surface area contributed by atoms with Crippen LogP contribution in [0.15, 0.2) is 30.3 Å². The molecule has 0 aliphatic rings. The van der Waals surface area contributed by atoms with Crippen LogP contribution in [0, 0.1) is 0 Å². The standard InChI is InChI=1S/C11H19N3/c1-13(2)11(14(3)4)12-10-8-6-5-7-9-10/h5-9,11-12H,1-4H3. The molecule has 0 amide bonds. The first-order chi connectivity index (χ1) is 6.61. The Hall–Kier alpha value is -1.06. The van der Waals surface area contributed by atoms with E-state index < -0.39 is 0 Å². The summed E-state index contributed by atoms with van der Waals surface area (Å²) in [5.41, 5.74) is 1.14. The van der Waals surface area contributed by atoms with Crippen molar-refractivity contribution < 1.29 is 0 Å². The maximum atomic E-state index is 3.43. The first kappa shape index (κ1) is 11.0. The van der Waals surface area contributed by atoms with Crippen LogP contribution in [-0.2, 0) is 0 Å². The van der Waals surface area contributed by atoms with E-state index in [0.29, 0.717) is 0 Å². The molecule has 0 bridgehead atoms. The van der Waals surface area contributed by atoms with Crippen molar-refractivity contribution in [2.75, 3.05) is 33.5 Å². The highest BCUT2D eigenvalue weighted by atomic mass is 15.4. The van der Waals surface area contributed by atoms with Gasteiger partial charge >= 0.3 is 0 Å². The van der Waals surface area contributed by atoms with Gasteiger partial charge in [-0.05, 0) is 40.3 Å². The van der Waals surface area contributed by atoms with Gasteiger partial charge in [-0.1, -0.05) is 18.2 Å². The average Bonchev–Trinajstić information content (AvgIpc) is 2.15. The zero-order valence-electron chi connectivity index (χ0n) is 9.36. The Morgan fingerprint density at radius 2 is 1.43 bits per heavy atom. The summed E-state index contributed by atoms with van der Waals surface area (Å²) in [6.45, 7) is 0. The minimum absolute atomic E-state index is 0.220. The lowest BCUT2D eigenvalue weighted by molar-refractivity contribution is 0.155. The third-order valence-electron chi connectivity index (χ3n) is 2.05. The van der Waals surface area contributed by atoms with Crippen molar-refractivity contribution in [3.63, 3.8) is 0 Å². The van der Waals surface area contributed by atoms with E-state index in [1.807, 2.05) is 18.2 Å². The molecule has 0 unspecified atom stereocenters. The van der Waals surface area contributed by atoms with Gasteiger partial charge in [0.1, 0.15) is 6.29 Å². The Balaban J connectivity index is 2.65. The van der Waals surface area contributed by atoms with E-state index in [9.17, 15) is 0 Å². The molecule has 1 rings (SSSR count). The highest BCUT2D eigenvalue weighted by Gasteiger charge is 2.12. The summed E-state index contributed by atoms with van der Waals surface area (Å²) in [6, 6.07) is 10.2. The summed E-state index contributed by atoms with van der Waals surface area (Å²) < 4.78 is 0. The molecule has 0 saturated carbocycles. The molecule has 0 spiro atoms. The van der Waals surface area contributed by atoms with Crippen LogP contribution in [0.1, 0.15) is 0 Å². The fraction of sp³-hybridized carbons (Fsp3) is 0.455. The highest BCUT2D eigenvalue weighted by molar-refractivity contribution is 5.42. The van der Waals surface area contributed by atoms with Gasteiger partial charge in [0.05, 0.1) is 0 Å². The lowest BCUT2D eigenvalue weighted by Crippen LogP contribution is -2.46. The van der Waals surface area contributed by atoms with Crippen molar-refractivity contribution in [1.82, 2.24) is 9.80 Å². The number of nitrogens with one attached hydrogen (secondary N) is 1. The lowest BCUT2D eigenvalue weighted by atomic mass is 10.3. The predicted octanol–water partition coefficient (Wildman–Crippen LogP) is 1.51. The monoisotopic (exact) mass is 193 g/mol. The van der Waals surface area contributed by atoms with E-state index in [4.69, 9.17) is 0 Å². The SMILES string of the molecule is CN(C)C(Nc1ccccc1)N(C)C. The van der Waals surface area contributed by atoms with Crippen molar-refractivity contribution in [3.05, 3.63) is 30.3 Å². The Labute approximate surface area is 86.3 Å². The molecule has 0 radical (unpaired) electrons. The fourth-order valence-corrected chi connectivity index (χ4v) is 1.40. The van der Waals surface area contributed by atoms with Crippen molar-refractivity contribution in [3.8, 4) is 0 Å². The van der Waals surface area contributed by atoms with Crippen LogP contribution in [0.4, 0.5) is 5.69 Å². The maximum absolute atomic E-state index is 3.43. The highest BCUT2D eigenvalue weighted by Crippen LogP contribution is 2.08. The quantitative estimate of drug-likeness (QED) is 0.731. The number of rotatable bonds is 4. The van der Waals surface area contributed by atoms with E-state index in [1.165, 1.54) is 0 Å². The van der Waals surface area contributed by atoms with Crippen LogP contribution in [0.2, 0.25) is 0 Å². The largest absolute Gasteiger partial charge is 0.357 e. The Morgan fingerprint density at radius 3 is 1.86 bits per heavy atom. The molecule has 1 aromatic rings. The number of para-hydroxylation sites is 1. The topological polar surface area (TPSA) is 18.5 Å². The number of anilines is 1. The molecule has 0 fully saturated rings. The van der Waals surface area contributed by atoms with Crippen LogP contribution >= 0.6 is 0 Å². The smallest absolute Gasteiger partial charge is 0.136 e. The molecule has 1 aromatic carbocycles. The van der Waals surface area contributed by atoms with Gasteiger partial charge in [0.25, 0.3) is 0 Å². The summed E-state index contributed by atoms with van der Waals surface area (Å²) in [5, 5.41) is 3.43. The molecular formula is C11H19N3. The Morgan fingerprint density at radius 1 is 0.929 bits per heavy atom. The van der Waals surface area contributed by atoms with Crippen LogP contribution < -0.4 is 5.32 Å². The first-order valence-electron chi connectivity index (χ1n) is 4.75.